The number of esters is 1. The molecule has 0 saturated heterocycles. The molecule has 1 rings (SSSR count). The molecule has 3 heteroatoms. The van der Waals surface area contributed by atoms with Crippen molar-refractivity contribution in [1.82, 2.24) is 0 Å². The number of hydrogen-bond acceptors (Lipinski definition) is 3. The zero-order chi connectivity index (χ0) is 11.8. The number of aryl methyl sites for hydroxylation is 1. The van der Waals surface area contributed by atoms with E-state index in [9.17, 15) is 4.79 Å². The lowest BCUT2D eigenvalue weighted by molar-refractivity contribution is -0.140. The summed E-state index contributed by atoms with van der Waals surface area (Å²) in [7, 11) is 1.41. The molecule has 0 fully saturated rings. The number of para-hydroxylation sites is 1. The number of methoxy groups -OCH3 is 1. The predicted octanol–water partition coefficient (Wildman–Crippen LogP) is 2.58. The molecule has 16 heavy (non-hydrogen) atoms. The van der Waals surface area contributed by atoms with Gasteiger partial charge in [0.1, 0.15) is 5.75 Å². The molecule has 3 nitrogen and oxygen atoms in total. The molecular formula is C13H18O3. The van der Waals surface area contributed by atoms with Crippen LogP contribution >= 0.6 is 0 Å². The van der Waals surface area contributed by atoms with Crippen molar-refractivity contribution in [3.63, 3.8) is 0 Å². The number of rotatable bonds is 6. The van der Waals surface area contributed by atoms with E-state index in [1.54, 1.807) is 0 Å². The van der Waals surface area contributed by atoms with Gasteiger partial charge in [0.25, 0.3) is 0 Å². The van der Waals surface area contributed by atoms with Crippen LogP contribution in [-0.4, -0.2) is 19.7 Å². The van der Waals surface area contributed by atoms with Crippen molar-refractivity contribution in [2.24, 2.45) is 0 Å². The first-order valence-corrected chi connectivity index (χ1v) is 5.55. The van der Waals surface area contributed by atoms with Crippen molar-refractivity contribution < 1.29 is 14.3 Å². The van der Waals surface area contributed by atoms with Gasteiger partial charge in [-0.25, -0.2) is 0 Å². The van der Waals surface area contributed by atoms with Gasteiger partial charge < -0.3 is 9.47 Å². The van der Waals surface area contributed by atoms with Gasteiger partial charge in [0.2, 0.25) is 0 Å². The Morgan fingerprint density at radius 2 is 2.06 bits per heavy atom. The van der Waals surface area contributed by atoms with Crippen molar-refractivity contribution in [2.75, 3.05) is 13.7 Å². The Morgan fingerprint density at radius 1 is 1.31 bits per heavy atom. The smallest absolute Gasteiger partial charge is 0.305 e. The summed E-state index contributed by atoms with van der Waals surface area (Å²) < 4.78 is 10.1. The Morgan fingerprint density at radius 3 is 2.75 bits per heavy atom. The number of hydrogen-bond donors (Lipinski definition) is 0. The molecule has 0 unspecified atom stereocenters. The van der Waals surface area contributed by atoms with Crippen LogP contribution in [0.4, 0.5) is 0 Å². The van der Waals surface area contributed by atoms with Gasteiger partial charge in [-0.2, -0.15) is 0 Å². The Labute approximate surface area is 96.4 Å². The predicted molar refractivity (Wildman–Crippen MR) is 62.6 cm³/mol. The first kappa shape index (κ1) is 12.6. The van der Waals surface area contributed by atoms with E-state index in [1.807, 2.05) is 31.2 Å². The van der Waals surface area contributed by atoms with Crippen LogP contribution < -0.4 is 4.74 Å². The maximum atomic E-state index is 11.0. The first-order valence-electron chi connectivity index (χ1n) is 5.55. The Hall–Kier alpha value is -1.51. The number of benzene rings is 1. The van der Waals surface area contributed by atoms with Gasteiger partial charge in [-0.1, -0.05) is 18.2 Å². The van der Waals surface area contributed by atoms with Crippen LogP contribution in [0.5, 0.6) is 5.75 Å². The summed E-state index contributed by atoms with van der Waals surface area (Å²) in [5.41, 5.74) is 1.15. The molecule has 0 heterocycles. The average molecular weight is 222 g/mol. The molecular weight excluding hydrogens is 204 g/mol. The largest absolute Gasteiger partial charge is 0.494 e. The lowest BCUT2D eigenvalue weighted by Crippen LogP contribution is -2.01. The van der Waals surface area contributed by atoms with Crippen LogP contribution in [-0.2, 0) is 16.0 Å². The van der Waals surface area contributed by atoms with E-state index in [2.05, 4.69) is 4.74 Å². The van der Waals surface area contributed by atoms with Gasteiger partial charge in [0.05, 0.1) is 13.7 Å². The van der Waals surface area contributed by atoms with Crippen LogP contribution in [0.2, 0.25) is 0 Å². The Kier molecular flexibility index (Phi) is 5.40. The van der Waals surface area contributed by atoms with Crippen molar-refractivity contribution >= 4 is 5.97 Å². The summed E-state index contributed by atoms with van der Waals surface area (Å²) in [5, 5.41) is 0. The van der Waals surface area contributed by atoms with Gasteiger partial charge in [0.15, 0.2) is 0 Å². The first-order chi connectivity index (χ1) is 7.77. The Balaban J connectivity index is 2.49. The van der Waals surface area contributed by atoms with Gasteiger partial charge >= 0.3 is 5.97 Å². The highest BCUT2D eigenvalue weighted by atomic mass is 16.5. The van der Waals surface area contributed by atoms with Crippen LogP contribution in [0.25, 0.3) is 0 Å². The third-order valence-electron chi connectivity index (χ3n) is 2.33. The van der Waals surface area contributed by atoms with Crippen molar-refractivity contribution in [2.45, 2.75) is 26.2 Å². The molecule has 0 aliphatic rings. The second-order valence-corrected chi connectivity index (χ2v) is 3.47. The van der Waals surface area contributed by atoms with Crippen LogP contribution in [0, 0.1) is 0 Å². The lowest BCUT2D eigenvalue weighted by Gasteiger charge is -2.09. The van der Waals surface area contributed by atoms with Crippen LogP contribution in [0.1, 0.15) is 25.3 Å². The fourth-order valence-corrected chi connectivity index (χ4v) is 1.53. The quantitative estimate of drug-likeness (QED) is 0.694. The summed E-state index contributed by atoms with van der Waals surface area (Å²) in [5.74, 6) is 0.753. The zero-order valence-electron chi connectivity index (χ0n) is 9.86. The van der Waals surface area contributed by atoms with E-state index >= 15 is 0 Å². The van der Waals surface area contributed by atoms with Crippen molar-refractivity contribution in [3.05, 3.63) is 29.8 Å². The lowest BCUT2D eigenvalue weighted by atomic mass is 10.1. The van der Waals surface area contributed by atoms with Gasteiger partial charge in [0, 0.05) is 6.42 Å². The maximum absolute atomic E-state index is 11.0. The number of carbonyl (C=O) groups is 1. The Bertz CT molecular complexity index is 334. The fraction of sp³-hybridized carbons (Fsp3) is 0.462. The van der Waals surface area contributed by atoms with Crippen LogP contribution in [0.3, 0.4) is 0 Å². The summed E-state index contributed by atoms with van der Waals surface area (Å²) >= 11 is 0. The third-order valence-corrected chi connectivity index (χ3v) is 2.33. The third kappa shape index (κ3) is 3.93. The second-order valence-electron chi connectivity index (χ2n) is 3.47. The molecule has 0 aromatic heterocycles. The minimum absolute atomic E-state index is 0.158. The minimum atomic E-state index is -0.158. The van der Waals surface area contributed by atoms with Gasteiger partial charge in [-0.05, 0) is 31.4 Å². The standard InChI is InChI=1S/C13H18O3/c1-3-16-12-9-5-4-7-11(12)8-6-10-13(14)15-2/h4-5,7,9H,3,6,8,10H2,1-2H3. The van der Waals surface area contributed by atoms with E-state index in [0.717, 1.165) is 24.2 Å². The molecule has 0 N–H and O–H groups in total. The topological polar surface area (TPSA) is 35.5 Å². The molecule has 0 spiro atoms. The molecule has 1 aromatic rings. The molecule has 1 aromatic carbocycles. The highest BCUT2D eigenvalue weighted by molar-refractivity contribution is 5.69. The highest BCUT2D eigenvalue weighted by Crippen LogP contribution is 2.19. The van der Waals surface area contributed by atoms with E-state index in [0.29, 0.717) is 13.0 Å². The SMILES string of the molecule is CCOc1ccccc1CCCC(=O)OC. The molecule has 88 valence electrons. The van der Waals surface area contributed by atoms with Crippen molar-refractivity contribution in [1.29, 1.82) is 0 Å². The molecule has 0 atom stereocenters. The monoisotopic (exact) mass is 222 g/mol. The summed E-state index contributed by atoms with van der Waals surface area (Å²) in [6.45, 7) is 2.62. The number of carbonyl (C=O) groups excluding carboxylic acids is 1. The van der Waals surface area contributed by atoms with E-state index in [4.69, 9.17) is 4.74 Å². The molecule has 0 radical (unpaired) electrons. The van der Waals surface area contributed by atoms with Crippen molar-refractivity contribution in [3.8, 4) is 5.75 Å². The molecule has 0 aliphatic heterocycles. The summed E-state index contributed by atoms with van der Waals surface area (Å²) in [6.07, 6.45) is 2.08. The fourth-order valence-electron chi connectivity index (χ4n) is 1.53. The maximum Gasteiger partial charge on any atom is 0.305 e. The second kappa shape index (κ2) is 6.88. The molecule has 0 saturated carbocycles. The summed E-state index contributed by atoms with van der Waals surface area (Å²) in [6, 6.07) is 7.92. The van der Waals surface area contributed by atoms with E-state index < -0.39 is 0 Å². The average Bonchev–Trinajstić information content (AvgIpc) is 2.31. The minimum Gasteiger partial charge on any atom is -0.494 e. The zero-order valence-corrected chi connectivity index (χ0v) is 9.86. The van der Waals surface area contributed by atoms with Gasteiger partial charge in [-0.3, -0.25) is 4.79 Å². The van der Waals surface area contributed by atoms with Crippen LogP contribution in [0.15, 0.2) is 24.3 Å². The highest BCUT2D eigenvalue weighted by Gasteiger charge is 2.04. The van der Waals surface area contributed by atoms with E-state index in [-0.39, 0.29) is 5.97 Å². The molecule has 0 amide bonds. The number of ether oxygens (including phenoxy) is 2. The normalized spacial score (nSPS) is 9.88. The van der Waals surface area contributed by atoms with Gasteiger partial charge in [-0.15, -0.1) is 0 Å². The summed E-state index contributed by atoms with van der Waals surface area (Å²) in [4.78, 5) is 11.0. The molecule has 0 bridgehead atoms. The molecule has 0 aliphatic carbocycles. The van der Waals surface area contributed by atoms with E-state index in [1.165, 1.54) is 7.11 Å².